The van der Waals surface area contributed by atoms with Crippen LogP contribution in [0, 0.1) is 0 Å². The van der Waals surface area contributed by atoms with E-state index in [-0.39, 0.29) is 12.4 Å². The first kappa shape index (κ1) is 15.4. The molecule has 0 radical (unpaired) electrons. The second-order valence-corrected chi connectivity index (χ2v) is 6.66. The zero-order chi connectivity index (χ0) is 11.4. The van der Waals surface area contributed by atoms with Gasteiger partial charge in [-0.15, -0.1) is 23.7 Å². The maximum Gasteiger partial charge on any atom is 0.0701 e. The quantitative estimate of drug-likeness (QED) is 0.910. The molecule has 1 aliphatic rings. The summed E-state index contributed by atoms with van der Waals surface area (Å²) in [6, 6.07) is 4.34. The summed E-state index contributed by atoms with van der Waals surface area (Å²) in [5, 5.41) is 0. The molecule has 2 N–H and O–H groups in total. The summed E-state index contributed by atoms with van der Waals surface area (Å²) in [6.07, 6.45) is 0. The lowest BCUT2D eigenvalue weighted by Crippen LogP contribution is -2.47. The molecule has 0 saturated carbocycles. The minimum Gasteiger partial charge on any atom is -0.329 e. The van der Waals surface area contributed by atoms with Gasteiger partial charge in [-0.1, -0.05) is 0 Å². The van der Waals surface area contributed by atoms with Crippen molar-refractivity contribution in [1.29, 1.82) is 0 Å². The standard InChI is InChI=1S/C11H18BrN3S.ClH/c12-11-2-1-10(16-11)9-15-7-5-14(4-3-13)6-8-15;/h1-2H,3-9,13H2;1H. The number of thiophene rings is 1. The zero-order valence-corrected chi connectivity index (χ0v) is 13.0. The molecule has 17 heavy (non-hydrogen) atoms. The number of hydrogen-bond donors (Lipinski definition) is 1. The monoisotopic (exact) mass is 339 g/mol. The molecule has 3 nitrogen and oxygen atoms in total. The van der Waals surface area contributed by atoms with Gasteiger partial charge in [-0.3, -0.25) is 9.80 Å². The number of nitrogens with zero attached hydrogens (tertiary/aromatic N) is 2. The van der Waals surface area contributed by atoms with Crippen molar-refractivity contribution in [3.05, 3.63) is 20.8 Å². The van der Waals surface area contributed by atoms with E-state index in [2.05, 4.69) is 37.9 Å². The van der Waals surface area contributed by atoms with Crippen LogP contribution < -0.4 is 5.73 Å². The average Bonchev–Trinajstić information content (AvgIpc) is 2.67. The predicted octanol–water partition coefficient (Wildman–Crippen LogP) is 2.01. The van der Waals surface area contributed by atoms with Gasteiger partial charge in [-0.2, -0.15) is 0 Å². The summed E-state index contributed by atoms with van der Waals surface area (Å²) in [6.45, 7) is 7.54. The van der Waals surface area contributed by atoms with Crippen molar-refractivity contribution < 1.29 is 0 Å². The largest absolute Gasteiger partial charge is 0.329 e. The van der Waals surface area contributed by atoms with Gasteiger partial charge < -0.3 is 5.73 Å². The highest BCUT2D eigenvalue weighted by Gasteiger charge is 2.16. The highest BCUT2D eigenvalue weighted by Crippen LogP contribution is 2.23. The maximum absolute atomic E-state index is 5.56. The van der Waals surface area contributed by atoms with Crippen LogP contribution in [0.5, 0.6) is 0 Å². The molecule has 0 atom stereocenters. The molecule has 0 spiro atoms. The van der Waals surface area contributed by atoms with Crippen LogP contribution in [0.3, 0.4) is 0 Å². The van der Waals surface area contributed by atoms with Gasteiger partial charge in [0, 0.05) is 50.7 Å². The van der Waals surface area contributed by atoms with Crippen molar-refractivity contribution in [3.8, 4) is 0 Å². The fraction of sp³-hybridized carbons (Fsp3) is 0.636. The highest BCUT2D eigenvalue weighted by molar-refractivity contribution is 9.11. The highest BCUT2D eigenvalue weighted by atomic mass is 79.9. The zero-order valence-electron chi connectivity index (χ0n) is 9.77. The summed E-state index contributed by atoms with van der Waals surface area (Å²) < 4.78 is 1.23. The lowest BCUT2D eigenvalue weighted by molar-refractivity contribution is 0.130. The van der Waals surface area contributed by atoms with E-state index in [1.807, 2.05) is 11.3 Å². The molecule has 1 aliphatic heterocycles. The van der Waals surface area contributed by atoms with Gasteiger partial charge >= 0.3 is 0 Å². The number of rotatable bonds is 4. The van der Waals surface area contributed by atoms with E-state index in [0.717, 1.165) is 45.8 Å². The van der Waals surface area contributed by atoms with Gasteiger partial charge in [0.2, 0.25) is 0 Å². The third-order valence-corrected chi connectivity index (χ3v) is 4.53. The average molecular weight is 341 g/mol. The number of piperazine rings is 1. The van der Waals surface area contributed by atoms with Gasteiger partial charge in [-0.05, 0) is 28.1 Å². The third kappa shape index (κ3) is 4.85. The van der Waals surface area contributed by atoms with E-state index in [4.69, 9.17) is 5.73 Å². The topological polar surface area (TPSA) is 32.5 Å². The van der Waals surface area contributed by atoms with E-state index in [1.165, 1.54) is 8.66 Å². The second kappa shape index (κ2) is 7.71. The van der Waals surface area contributed by atoms with Crippen molar-refractivity contribution >= 4 is 39.7 Å². The molecular formula is C11H19BrClN3S. The Bertz CT molecular complexity index is 326. The van der Waals surface area contributed by atoms with Crippen LogP contribution in [0.2, 0.25) is 0 Å². The molecule has 2 rings (SSSR count). The van der Waals surface area contributed by atoms with Gasteiger partial charge in [0.25, 0.3) is 0 Å². The lowest BCUT2D eigenvalue weighted by atomic mass is 10.3. The second-order valence-electron chi connectivity index (χ2n) is 4.11. The maximum atomic E-state index is 5.56. The fourth-order valence-corrected chi connectivity index (χ4v) is 3.54. The first-order valence-corrected chi connectivity index (χ1v) is 7.28. The molecule has 0 unspecified atom stereocenters. The van der Waals surface area contributed by atoms with Crippen LogP contribution in [0.1, 0.15) is 4.88 Å². The van der Waals surface area contributed by atoms with Crippen molar-refractivity contribution in [3.63, 3.8) is 0 Å². The summed E-state index contributed by atoms with van der Waals surface area (Å²) in [5.41, 5.74) is 5.56. The summed E-state index contributed by atoms with van der Waals surface area (Å²) in [5.74, 6) is 0. The molecule has 0 aromatic carbocycles. The van der Waals surface area contributed by atoms with E-state index in [0.29, 0.717) is 0 Å². The number of nitrogens with two attached hydrogens (primary N) is 1. The summed E-state index contributed by atoms with van der Waals surface area (Å²) in [7, 11) is 0. The van der Waals surface area contributed by atoms with E-state index >= 15 is 0 Å². The Kier molecular flexibility index (Phi) is 6.99. The molecule has 98 valence electrons. The molecule has 1 saturated heterocycles. The smallest absolute Gasteiger partial charge is 0.0701 e. The fourth-order valence-electron chi connectivity index (χ4n) is 2.01. The first-order chi connectivity index (χ1) is 7.78. The van der Waals surface area contributed by atoms with Crippen LogP contribution >= 0.6 is 39.7 Å². The Hall–Kier alpha value is 0.350. The van der Waals surface area contributed by atoms with Gasteiger partial charge in [0.1, 0.15) is 0 Å². The van der Waals surface area contributed by atoms with Gasteiger partial charge in [-0.25, -0.2) is 0 Å². The molecule has 2 heterocycles. The van der Waals surface area contributed by atoms with Crippen molar-refractivity contribution in [2.24, 2.45) is 5.73 Å². The molecule has 1 aromatic rings. The predicted molar refractivity (Wildman–Crippen MR) is 80.0 cm³/mol. The van der Waals surface area contributed by atoms with Gasteiger partial charge in [0.05, 0.1) is 3.79 Å². The van der Waals surface area contributed by atoms with Crippen LogP contribution in [0.25, 0.3) is 0 Å². The molecule has 0 aliphatic carbocycles. The van der Waals surface area contributed by atoms with Crippen LogP contribution in [-0.4, -0.2) is 49.1 Å². The minimum atomic E-state index is 0. The molecule has 1 aromatic heterocycles. The molecule has 0 amide bonds. The molecular weight excluding hydrogens is 322 g/mol. The minimum absolute atomic E-state index is 0. The molecule has 0 bridgehead atoms. The van der Waals surface area contributed by atoms with Crippen LogP contribution in [0.4, 0.5) is 0 Å². The number of hydrogen-bond acceptors (Lipinski definition) is 4. The van der Waals surface area contributed by atoms with E-state index in [9.17, 15) is 0 Å². The summed E-state index contributed by atoms with van der Waals surface area (Å²) >= 11 is 5.34. The first-order valence-electron chi connectivity index (χ1n) is 5.67. The van der Waals surface area contributed by atoms with Crippen LogP contribution in [0.15, 0.2) is 15.9 Å². The Balaban J connectivity index is 0.00000144. The Morgan fingerprint density at radius 3 is 2.35 bits per heavy atom. The van der Waals surface area contributed by atoms with Crippen molar-refractivity contribution in [2.45, 2.75) is 6.54 Å². The Morgan fingerprint density at radius 1 is 1.18 bits per heavy atom. The van der Waals surface area contributed by atoms with Crippen molar-refractivity contribution in [2.75, 3.05) is 39.3 Å². The van der Waals surface area contributed by atoms with E-state index in [1.54, 1.807) is 0 Å². The SMILES string of the molecule is Cl.NCCN1CCN(Cc2ccc(Br)s2)CC1. The van der Waals surface area contributed by atoms with Crippen molar-refractivity contribution in [1.82, 2.24) is 9.80 Å². The molecule has 6 heteroatoms. The van der Waals surface area contributed by atoms with Crippen LogP contribution in [-0.2, 0) is 6.54 Å². The third-order valence-electron chi connectivity index (χ3n) is 2.92. The van der Waals surface area contributed by atoms with E-state index < -0.39 is 0 Å². The molecule has 1 fully saturated rings. The Morgan fingerprint density at radius 2 is 1.82 bits per heavy atom. The number of halogens is 2. The summed E-state index contributed by atoms with van der Waals surface area (Å²) in [4.78, 5) is 6.41. The Labute approximate surface area is 122 Å². The lowest BCUT2D eigenvalue weighted by Gasteiger charge is -2.34. The van der Waals surface area contributed by atoms with Gasteiger partial charge in [0.15, 0.2) is 0 Å². The normalized spacial score (nSPS) is 18.0.